The van der Waals surface area contributed by atoms with Gasteiger partial charge in [0.05, 0.1) is 0 Å². The molecule has 0 saturated heterocycles. The van der Waals surface area contributed by atoms with E-state index in [4.69, 9.17) is 0 Å². The van der Waals surface area contributed by atoms with Crippen LogP contribution in [0.5, 0.6) is 0 Å². The van der Waals surface area contributed by atoms with E-state index in [1.807, 2.05) is 0 Å². The highest BCUT2D eigenvalue weighted by Crippen LogP contribution is 2.11. The lowest BCUT2D eigenvalue weighted by Gasteiger charge is -1.85. The molecule has 0 aromatic rings. The molecule has 0 aromatic carbocycles. The zero-order valence-electron chi connectivity index (χ0n) is 5.60. The average Bonchev–Trinajstić information content (AvgIpc) is 2.09. The third kappa shape index (κ3) is 0.757. The first-order valence-corrected chi connectivity index (χ1v) is 2.86. The minimum Gasteiger partial charge on any atom is -0.288 e. The highest BCUT2D eigenvalue weighted by molar-refractivity contribution is 6.20. The smallest absolute Gasteiger partial charge is 0.258 e. The summed E-state index contributed by atoms with van der Waals surface area (Å²) in [5, 5.41) is 2.14. The maximum absolute atomic E-state index is 10.8. The molecule has 0 atom stereocenters. The van der Waals surface area contributed by atoms with Crippen LogP contribution in [-0.4, -0.2) is 11.8 Å². The van der Waals surface area contributed by atoms with E-state index in [1.54, 1.807) is 6.92 Å². The summed E-state index contributed by atoms with van der Waals surface area (Å²) in [6.07, 6.45) is 1.38. The van der Waals surface area contributed by atoms with Crippen molar-refractivity contribution < 1.29 is 9.59 Å². The number of imide groups is 1. The van der Waals surface area contributed by atoms with E-state index >= 15 is 0 Å². The van der Waals surface area contributed by atoms with E-state index in [9.17, 15) is 9.59 Å². The fourth-order valence-corrected chi connectivity index (χ4v) is 0.803. The molecule has 3 heteroatoms. The number of carbonyl (C=O) groups is 2. The van der Waals surface area contributed by atoms with Crippen LogP contribution >= 0.6 is 0 Å². The molecule has 0 aromatic heterocycles. The van der Waals surface area contributed by atoms with Crippen molar-refractivity contribution in [3.63, 3.8) is 0 Å². The third-order valence-corrected chi connectivity index (χ3v) is 1.42. The van der Waals surface area contributed by atoms with Crippen LogP contribution < -0.4 is 5.32 Å². The summed E-state index contributed by atoms with van der Waals surface area (Å²) in [4.78, 5) is 21.5. The fraction of sp³-hybridized carbons (Fsp3) is 0.143. The molecule has 0 fully saturated rings. The molecule has 0 unspecified atom stereocenters. The summed E-state index contributed by atoms with van der Waals surface area (Å²) in [6, 6.07) is 0. The summed E-state index contributed by atoms with van der Waals surface area (Å²) in [5.74, 6) is -0.669. The number of nitrogens with one attached hydrogen (secondary N) is 1. The number of rotatable bonds is 1. The monoisotopic (exact) mass is 137 g/mol. The van der Waals surface area contributed by atoms with Gasteiger partial charge in [-0.15, -0.1) is 0 Å². The van der Waals surface area contributed by atoms with Crippen molar-refractivity contribution in [3.8, 4) is 0 Å². The van der Waals surface area contributed by atoms with Gasteiger partial charge < -0.3 is 0 Å². The van der Waals surface area contributed by atoms with Crippen molar-refractivity contribution in [1.29, 1.82) is 0 Å². The van der Waals surface area contributed by atoms with E-state index in [1.165, 1.54) is 6.08 Å². The van der Waals surface area contributed by atoms with E-state index in [0.717, 1.165) is 0 Å². The normalized spacial score (nSPS) is 17.7. The Hall–Kier alpha value is -1.38. The number of carbonyl (C=O) groups excluding carboxylic acids is 2. The SMILES string of the molecule is C=CC1=C(C)C(=O)NC1=O. The van der Waals surface area contributed by atoms with Crippen molar-refractivity contribution >= 4 is 11.8 Å². The van der Waals surface area contributed by atoms with Gasteiger partial charge in [-0.25, -0.2) is 0 Å². The Balaban J connectivity index is 3.13. The van der Waals surface area contributed by atoms with Gasteiger partial charge in [0.1, 0.15) is 0 Å². The van der Waals surface area contributed by atoms with Crippen LogP contribution in [0.4, 0.5) is 0 Å². The van der Waals surface area contributed by atoms with Crippen LogP contribution in [0.15, 0.2) is 23.8 Å². The molecule has 52 valence electrons. The molecular weight excluding hydrogens is 130 g/mol. The lowest BCUT2D eigenvalue weighted by atomic mass is 10.2. The molecule has 3 nitrogen and oxygen atoms in total. The summed E-state index contributed by atoms with van der Waals surface area (Å²) in [6.45, 7) is 5.00. The van der Waals surface area contributed by atoms with Crippen LogP contribution in [-0.2, 0) is 9.59 Å². The highest BCUT2D eigenvalue weighted by Gasteiger charge is 2.23. The maximum Gasteiger partial charge on any atom is 0.258 e. The summed E-state index contributed by atoms with van der Waals surface area (Å²) in [7, 11) is 0. The molecule has 1 aliphatic heterocycles. The van der Waals surface area contributed by atoms with E-state index in [2.05, 4.69) is 11.9 Å². The largest absolute Gasteiger partial charge is 0.288 e. The van der Waals surface area contributed by atoms with Crippen molar-refractivity contribution in [1.82, 2.24) is 5.32 Å². The summed E-state index contributed by atoms with van der Waals surface area (Å²) >= 11 is 0. The molecule has 1 aliphatic rings. The van der Waals surface area contributed by atoms with Gasteiger partial charge >= 0.3 is 0 Å². The molecule has 2 amide bonds. The Labute approximate surface area is 58.4 Å². The lowest BCUT2D eigenvalue weighted by molar-refractivity contribution is -0.124. The number of hydrogen-bond acceptors (Lipinski definition) is 2. The number of hydrogen-bond donors (Lipinski definition) is 1. The highest BCUT2D eigenvalue weighted by atomic mass is 16.2. The Morgan fingerprint density at radius 1 is 1.40 bits per heavy atom. The quantitative estimate of drug-likeness (QED) is 0.523. The second-order valence-corrected chi connectivity index (χ2v) is 2.03. The molecule has 1 rings (SSSR count). The van der Waals surface area contributed by atoms with Gasteiger partial charge in [0.25, 0.3) is 11.8 Å². The number of amides is 2. The van der Waals surface area contributed by atoms with Gasteiger partial charge in [0.15, 0.2) is 0 Å². The molecule has 0 bridgehead atoms. The van der Waals surface area contributed by atoms with Gasteiger partial charge in [-0.1, -0.05) is 12.7 Å². The zero-order valence-corrected chi connectivity index (χ0v) is 5.60. The molecule has 0 spiro atoms. The minimum absolute atomic E-state index is 0.320. The molecular formula is C7H7NO2. The average molecular weight is 137 g/mol. The molecule has 1 heterocycles. The molecule has 1 N–H and O–H groups in total. The molecule has 10 heavy (non-hydrogen) atoms. The second-order valence-electron chi connectivity index (χ2n) is 2.03. The van der Waals surface area contributed by atoms with Crippen molar-refractivity contribution in [3.05, 3.63) is 23.8 Å². The Bertz CT molecular complexity index is 250. The van der Waals surface area contributed by atoms with Crippen molar-refractivity contribution in [2.45, 2.75) is 6.92 Å². The Morgan fingerprint density at radius 3 is 2.20 bits per heavy atom. The van der Waals surface area contributed by atoms with Crippen LogP contribution in [0, 0.1) is 0 Å². The first kappa shape index (κ1) is 6.74. The second kappa shape index (κ2) is 2.10. The Kier molecular flexibility index (Phi) is 1.41. The van der Waals surface area contributed by atoms with Crippen LogP contribution in [0.2, 0.25) is 0 Å². The predicted molar refractivity (Wildman–Crippen MR) is 36.0 cm³/mol. The first-order valence-electron chi connectivity index (χ1n) is 2.86. The zero-order chi connectivity index (χ0) is 7.72. The van der Waals surface area contributed by atoms with E-state index < -0.39 is 0 Å². The molecule has 0 saturated carbocycles. The predicted octanol–water partition coefficient (Wildman–Crippen LogP) is 0.145. The van der Waals surface area contributed by atoms with Crippen molar-refractivity contribution in [2.24, 2.45) is 0 Å². The van der Waals surface area contributed by atoms with Gasteiger partial charge in [-0.05, 0) is 6.92 Å². The van der Waals surface area contributed by atoms with Gasteiger partial charge in [-0.2, -0.15) is 0 Å². The fourth-order valence-electron chi connectivity index (χ4n) is 0.803. The molecule has 0 aliphatic carbocycles. The van der Waals surface area contributed by atoms with Gasteiger partial charge in [0.2, 0.25) is 0 Å². The maximum atomic E-state index is 10.8. The van der Waals surface area contributed by atoms with E-state index in [0.29, 0.717) is 11.1 Å². The van der Waals surface area contributed by atoms with Crippen LogP contribution in [0.25, 0.3) is 0 Å². The minimum atomic E-state index is -0.350. The van der Waals surface area contributed by atoms with E-state index in [-0.39, 0.29) is 11.8 Å². The topological polar surface area (TPSA) is 46.2 Å². The van der Waals surface area contributed by atoms with Gasteiger partial charge in [-0.3, -0.25) is 14.9 Å². The van der Waals surface area contributed by atoms with Gasteiger partial charge in [0, 0.05) is 11.1 Å². The van der Waals surface area contributed by atoms with Crippen LogP contribution in [0.3, 0.4) is 0 Å². The summed E-state index contributed by atoms with van der Waals surface area (Å²) < 4.78 is 0. The first-order chi connectivity index (χ1) is 4.66. The third-order valence-electron chi connectivity index (χ3n) is 1.42. The Morgan fingerprint density at radius 2 is 2.00 bits per heavy atom. The van der Waals surface area contributed by atoms with Crippen LogP contribution in [0.1, 0.15) is 6.92 Å². The standard InChI is InChI=1S/C7H7NO2/c1-3-5-4(2)6(9)8-7(5)10/h3H,1H2,2H3,(H,8,9,10). The molecule has 0 radical (unpaired) electrons. The summed E-state index contributed by atoms with van der Waals surface area (Å²) in [5.41, 5.74) is 0.824. The van der Waals surface area contributed by atoms with Crippen molar-refractivity contribution in [2.75, 3.05) is 0 Å². The lowest BCUT2D eigenvalue weighted by Crippen LogP contribution is -2.22.